The summed E-state index contributed by atoms with van der Waals surface area (Å²) in [4.78, 5) is 31.2. The number of nitrogens with one attached hydrogen (secondary N) is 1. The molecule has 1 amide bonds. The van der Waals surface area contributed by atoms with E-state index in [4.69, 9.17) is 4.74 Å². The summed E-state index contributed by atoms with van der Waals surface area (Å²) in [7, 11) is 0. The number of rotatable bonds is 3. The van der Waals surface area contributed by atoms with Crippen LogP contribution in [0.5, 0.6) is 0 Å². The lowest BCUT2D eigenvalue weighted by Gasteiger charge is -2.37. The number of ether oxygens (including phenoxy) is 1. The molecule has 1 spiro atoms. The number of carbonyl (C=O) groups is 2. The maximum absolute atomic E-state index is 13.0. The van der Waals surface area contributed by atoms with Crippen molar-refractivity contribution in [1.82, 2.24) is 10.3 Å². The molecule has 1 aromatic heterocycles. The minimum atomic E-state index is -4.36. The predicted octanol–water partition coefficient (Wildman–Crippen LogP) is 4.44. The van der Waals surface area contributed by atoms with Gasteiger partial charge in [0.25, 0.3) is 0 Å². The molecule has 1 aliphatic carbocycles. The third-order valence-corrected chi connectivity index (χ3v) is 7.36. The Morgan fingerprint density at radius 1 is 1.12 bits per heavy atom. The van der Waals surface area contributed by atoms with Crippen LogP contribution in [-0.4, -0.2) is 36.0 Å². The molecule has 6 nitrogen and oxygen atoms in total. The molecule has 0 unspecified atom stereocenters. The highest BCUT2D eigenvalue weighted by molar-refractivity contribution is 5.94. The molecule has 3 heterocycles. The van der Waals surface area contributed by atoms with E-state index in [1.807, 2.05) is 4.90 Å². The summed E-state index contributed by atoms with van der Waals surface area (Å²) in [5.74, 6) is -0.470. The van der Waals surface area contributed by atoms with Gasteiger partial charge in [0.05, 0.1) is 11.1 Å². The SMILES string of the molecule is O=C1O[C@]2(CC[C@@H](C(=O)NC3CCN(c4cccc(C(F)(F)F)c4)CC3)CC2)c2cnccc21. The van der Waals surface area contributed by atoms with E-state index in [9.17, 15) is 22.8 Å². The van der Waals surface area contributed by atoms with Crippen LogP contribution in [-0.2, 0) is 21.3 Å². The van der Waals surface area contributed by atoms with Crippen LogP contribution < -0.4 is 10.2 Å². The molecule has 5 rings (SSSR count). The van der Waals surface area contributed by atoms with Crippen molar-refractivity contribution in [2.24, 2.45) is 5.92 Å². The second kappa shape index (κ2) is 8.60. The zero-order valence-electron chi connectivity index (χ0n) is 18.6. The van der Waals surface area contributed by atoms with Crippen LogP contribution in [0, 0.1) is 5.92 Å². The Hall–Kier alpha value is -3.10. The van der Waals surface area contributed by atoms with E-state index in [0.717, 1.165) is 11.6 Å². The van der Waals surface area contributed by atoms with Gasteiger partial charge in [-0.2, -0.15) is 13.2 Å². The Balaban J connectivity index is 1.14. The summed E-state index contributed by atoms with van der Waals surface area (Å²) in [6.07, 6.45) is 2.68. The predicted molar refractivity (Wildman–Crippen MR) is 118 cm³/mol. The zero-order valence-corrected chi connectivity index (χ0v) is 18.6. The van der Waals surface area contributed by atoms with Gasteiger partial charge in [-0.05, 0) is 62.8 Å². The number of nitrogens with zero attached hydrogens (tertiary/aromatic N) is 2. The monoisotopic (exact) mass is 473 g/mol. The van der Waals surface area contributed by atoms with Crippen LogP contribution >= 0.6 is 0 Å². The fourth-order valence-electron chi connectivity index (χ4n) is 5.42. The van der Waals surface area contributed by atoms with Crippen molar-refractivity contribution in [1.29, 1.82) is 0 Å². The van der Waals surface area contributed by atoms with Crippen molar-refractivity contribution in [3.05, 3.63) is 59.4 Å². The number of anilines is 1. The Labute approximate surface area is 195 Å². The summed E-state index contributed by atoms with van der Waals surface area (Å²) in [5.41, 5.74) is 0.611. The normalized spacial score (nSPS) is 25.2. The lowest BCUT2D eigenvalue weighted by molar-refractivity contribution is -0.137. The van der Waals surface area contributed by atoms with E-state index in [1.165, 1.54) is 12.1 Å². The first-order valence-corrected chi connectivity index (χ1v) is 11.7. The molecule has 34 heavy (non-hydrogen) atoms. The molecule has 0 bridgehead atoms. The number of halogens is 3. The number of hydrogen-bond acceptors (Lipinski definition) is 5. The largest absolute Gasteiger partial charge is 0.450 e. The molecule has 1 N–H and O–H groups in total. The molecule has 2 aliphatic heterocycles. The van der Waals surface area contributed by atoms with Crippen molar-refractivity contribution in [2.75, 3.05) is 18.0 Å². The van der Waals surface area contributed by atoms with Gasteiger partial charge in [0.2, 0.25) is 5.91 Å². The van der Waals surface area contributed by atoms with Crippen LogP contribution in [0.4, 0.5) is 18.9 Å². The van der Waals surface area contributed by atoms with Gasteiger partial charge in [-0.1, -0.05) is 6.07 Å². The molecular weight excluding hydrogens is 447 g/mol. The molecular formula is C25H26F3N3O3. The number of fused-ring (bicyclic) bond motifs is 2. The number of aromatic nitrogens is 1. The van der Waals surface area contributed by atoms with Gasteiger partial charge in [0.15, 0.2) is 0 Å². The Bertz CT molecular complexity index is 1090. The number of alkyl halides is 3. The number of carbonyl (C=O) groups excluding carboxylic acids is 2. The average molecular weight is 473 g/mol. The van der Waals surface area contributed by atoms with E-state index in [0.29, 0.717) is 62.9 Å². The van der Waals surface area contributed by atoms with Crippen LogP contribution in [0.2, 0.25) is 0 Å². The standard InChI is InChI=1S/C25H26F3N3O3/c26-25(27,28)17-2-1-3-19(14-17)31-12-7-18(8-13-31)30-22(32)16-4-9-24(10-5-16)21-15-29-11-6-20(21)23(33)34-24/h1-3,6,11,14-16,18H,4-5,7-10,12-13H2,(H,30,32)/t16-,24+. The minimum Gasteiger partial charge on any atom is -0.450 e. The first-order valence-electron chi connectivity index (χ1n) is 11.7. The Morgan fingerprint density at radius 2 is 1.85 bits per heavy atom. The van der Waals surface area contributed by atoms with E-state index < -0.39 is 17.3 Å². The fraction of sp³-hybridized carbons (Fsp3) is 0.480. The molecule has 2 fully saturated rings. The van der Waals surface area contributed by atoms with E-state index in [-0.39, 0.29) is 23.8 Å². The third-order valence-electron chi connectivity index (χ3n) is 7.36. The number of piperidine rings is 1. The first-order chi connectivity index (χ1) is 16.2. The van der Waals surface area contributed by atoms with Gasteiger partial charge < -0.3 is 15.0 Å². The van der Waals surface area contributed by atoms with Crippen LogP contribution in [0.1, 0.15) is 60.0 Å². The Kier molecular flexibility index (Phi) is 5.73. The van der Waals surface area contributed by atoms with Crippen LogP contribution in [0.25, 0.3) is 0 Å². The quantitative estimate of drug-likeness (QED) is 0.668. The summed E-state index contributed by atoms with van der Waals surface area (Å²) < 4.78 is 44.8. The van der Waals surface area contributed by atoms with Crippen molar-refractivity contribution >= 4 is 17.6 Å². The van der Waals surface area contributed by atoms with Crippen molar-refractivity contribution < 1.29 is 27.5 Å². The topological polar surface area (TPSA) is 71.5 Å². The maximum atomic E-state index is 13.0. The summed E-state index contributed by atoms with van der Waals surface area (Å²) in [6.45, 7) is 1.17. The van der Waals surface area contributed by atoms with Gasteiger partial charge in [-0.15, -0.1) is 0 Å². The highest BCUT2D eigenvalue weighted by atomic mass is 19.4. The van der Waals surface area contributed by atoms with Crippen LogP contribution in [0.3, 0.4) is 0 Å². The van der Waals surface area contributed by atoms with Crippen LogP contribution in [0.15, 0.2) is 42.7 Å². The molecule has 0 atom stereocenters. The highest BCUT2D eigenvalue weighted by Gasteiger charge is 2.48. The molecule has 9 heteroatoms. The smallest absolute Gasteiger partial charge is 0.416 e. The lowest BCUT2D eigenvalue weighted by Crippen LogP contribution is -2.47. The number of esters is 1. The second-order valence-corrected chi connectivity index (χ2v) is 9.40. The average Bonchev–Trinajstić information content (AvgIpc) is 3.11. The van der Waals surface area contributed by atoms with Gasteiger partial charge in [-0.3, -0.25) is 9.78 Å². The molecule has 0 radical (unpaired) electrons. The number of benzene rings is 1. The van der Waals surface area contributed by atoms with Gasteiger partial charge >= 0.3 is 12.1 Å². The number of amides is 1. The van der Waals surface area contributed by atoms with Gasteiger partial charge in [0.1, 0.15) is 5.60 Å². The van der Waals surface area contributed by atoms with Gasteiger partial charge in [0, 0.05) is 48.7 Å². The first kappa shape index (κ1) is 22.7. The van der Waals surface area contributed by atoms with Crippen molar-refractivity contribution in [3.8, 4) is 0 Å². The van der Waals surface area contributed by atoms with Gasteiger partial charge in [-0.25, -0.2) is 4.79 Å². The Morgan fingerprint density at radius 3 is 2.56 bits per heavy atom. The second-order valence-electron chi connectivity index (χ2n) is 9.40. The molecule has 1 saturated heterocycles. The third kappa shape index (κ3) is 4.23. The minimum absolute atomic E-state index is 0.000306. The van der Waals surface area contributed by atoms with E-state index in [1.54, 1.807) is 24.5 Å². The molecule has 1 aromatic carbocycles. The highest BCUT2D eigenvalue weighted by Crippen LogP contribution is 2.47. The summed E-state index contributed by atoms with van der Waals surface area (Å²) in [5, 5.41) is 3.14. The zero-order chi connectivity index (χ0) is 23.9. The van der Waals surface area contributed by atoms with Crippen molar-refractivity contribution in [2.45, 2.75) is 56.3 Å². The lowest BCUT2D eigenvalue weighted by atomic mass is 9.75. The number of pyridine rings is 1. The summed E-state index contributed by atoms with van der Waals surface area (Å²) >= 11 is 0. The molecule has 2 aromatic rings. The molecule has 3 aliphatic rings. The summed E-state index contributed by atoms with van der Waals surface area (Å²) in [6, 6.07) is 7.05. The molecule has 1 saturated carbocycles. The number of hydrogen-bond donors (Lipinski definition) is 1. The fourth-order valence-corrected chi connectivity index (χ4v) is 5.42. The maximum Gasteiger partial charge on any atom is 0.416 e. The molecule has 180 valence electrons. The van der Waals surface area contributed by atoms with E-state index in [2.05, 4.69) is 10.3 Å². The van der Waals surface area contributed by atoms with E-state index >= 15 is 0 Å². The van der Waals surface area contributed by atoms with Crippen molar-refractivity contribution in [3.63, 3.8) is 0 Å².